The minimum absolute atomic E-state index is 0.165. The summed E-state index contributed by atoms with van der Waals surface area (Å²) in [6.45, 7) is 4.58. The monoisotopic (exact) mass is 640 g/mol. The molecule has 0 aliphatic carbocycles. The number of alkyl halides is 1. The van der Waals surface area contributed by atoms with E-state index in [0.29, 0.717) is 47.5 Å². The molecule has 2 aliphatic rings. The molecule has 216 valence electrons. The predicted molar refractivity (Wildman–Crippen MR) is 162 cm³/mol. The minimum Gasteiger partial charge on any atom is -0.348 e. The molecule has 0 radical (unpaired) electrons. The Morgan fingerprint density at radius 2 is 1.33 bits per heavy atom. The summed E-state index contributed by atoms with van der Waals surface area (Å²) < 4.78 is 26.6. The Labute approximate surface area is 257 Å². The molecule has 0 saturated heterocycles. The smallest absolute Gasteiger partial charge is 0.255 e. The van der Waals surface area contributed by atoms with Gasteiger partial charge in [-0.15, -0.1) is 0 Å². The van der Waals surface area contributed by atoms with Crippen LogP contribution in [0, 0.1) is 48.1 Å². The first-order valence-electron chi connectivity index (χ1n) is 13.4. The van der Waals surface area contributed by atoms with Crippen LogP contribution in [-0.2, 0) is 25.0 Å². The van der Waals surface area contributed by atoms with Gasteiger partial charge in [-0.2, -0.15) is 10.5 Å². The van der Waals surface area contributed by atoms with Gasteiger partial charge in [-0.05, 0) is 71.5 Å². The molecule has 6 nitrogen and oxygen atoms in total. The Balaban J connectivity index is 0.000000163. The van der Waals surface area contributed by atoms with E-state index < -0.39 is 0 Å². The van der Waals surface area contributed by atoms with Crippen LogP contribution in [0.3, 0.4) is 0 Å². The van der Waals surface area contributed by atoms with Crippen molar-refractivity contribution in [3.63, 3.8) is 0 Å². The van der Waals surface area contributed by atoms with Crippen molar-refractivity contribution < 1.29 is 18.4 Å². The third-order valence-electron chi connectivity index (χ3n) is 7.28. The summed E-state index contributed by atoms with van der Waals surface area (Å²) in [6.07, 6.45) is 0. The Kier molecular flexibility index (Phi) is 10.0. The molecule has 0 atom stereocenters. The normalized spacial score (nSPS) is 12.5. The van der Waals surface area contributed by atoms with Crippen molar-refractivity contribution >= 4 is 27.7 Å². The summed E-state index contributed by atoms with van der Waals surface area (Å²) in [5.41, 5.74) is 6.70. The number of halogens is 3. The van der Waals surface area contributed by atoms with Crippen LogP contribution >= 0.6 is 15.9 Å². The lowest BCUT2D eigenvalue weighted by molar-refractivity contribution is 0.0765. The molecular weight excluding hydrogens is 614 g/mol. The van der Waals surface area contributed by atoms with E-state index >= 15 is 0 Å². The molecule has 0 fully saturated rings. The highest BCUT2D eigenvalue weighted by Crippen LogP contribution is 2.29. The predicted octanol–water partition coefficient (Wildman–Crippen LogP) is 6.99. The highest BCUT2D eigenvalue weighted by molar-refractivity contribution is 9.08. The number of hydrogen-bond acceptors (Lipinski definition) is 4. The first kappa shape index (κ1) is 31.1. The van der Waals surface area contributed by atoms with Gasteiger partial charge in [0, 0.05) is 25.0 Å². The highest BCUT2D eigenvalue weighted by Gasteiger charge is 2.30. The second kappa shape index (κ2) is 13.9. The Morgan fingerprint density at radius 1 is 0.791 bits per heavy atom. The molecule has 0 saturated carbocycles. The average Bonchev–Trinajstić information content (AvgIpc) is 3.57. The zero-order valence-corrected chi connectivity index (χ0v) is 25.1. The molecule has 0 bridgehead atoms. The van der Waals surface area contributed by atoms with Crippen LogP contribution in [0.4, 0.5) is 8.78 Å². The van der Waals surface area contributed by atoms with Crippen molar-refractivity contribution in [1.29, 1.82) is 10.5 Å². The zero-order chi connectivity index (χ0) is 31.1. The van der Waals surface area contributed by atoms with Crippen LogP contribution in [0.25, 0.3) is 0 Å². The molecule has 0 aromatic heterocycles. The van der Waals surface area contributed by atoms with Crippen LogP contribution in [0.5, 0.6) is 0 Å². The Morgan fingerprint density at radius 3 is 1.91 bits per heavy atom. The molecule has 0 unspecified atom stereocenters. The SMILES string of the molecule is Cc1c(F)ccc2c1C(=O)N(Cc1ccccc1C#N)C2.Cc1c(F)ccc2c1C(=O)NC2.N#Cc1ccccc1CBr. The van der Waals surface area contributed by atoms with Gasteiger partial charge in [-0.3, -0.25) is 9.59 Å². The van der Waals surface area contributed by atoms with Crippen molar-refractivity contribution in [2.45, 2.75) is 38.8 Å². The minimum atomic E-state index is -0.360. The first-order chi connectivity index (χ1) is 20.7. The lowest BCUT2D eigenvalue weighted by atomic mass is 10.0. The Hall–Kier alpha value is -4.86. The topological polar surface area (TPSA) is 97.0 Å². The van der Waals surface area contributed by atoms with Crippen molar-refractivity contribution in [3.8, 4) is 12.1 Å². The van der Waals surface area contributed by atoms with Crippen LogP contribution in [0.1, 0.15) is 65.2 Å². The van der Waals surface area contributed by atoms with Crippen molar-refractivity contribution in [2.75, 3.05) is 0 Å². The van der Waals surface area contributed by atoms with E-state index in [4.69, 9.17) is 10.5 Å². The molecule has 2 aliphatic heterocycles. The van der Waals surface area contributed by atoms with E-state index in [9.17, 15) is 18.4 Å². The van der Waals surface area contributed by atoms with Crippen molar-refractivity contribution in [3.05, 3.63) is 140 Å². The number of nitrogens with one attached hydrogen (secondary N) is 1. The van der Waals surface area contributed by atoms with Crippen molar-refractivity contribution in [2.24, 2.45) is 0 Å². The maximum absolute atomic E-state index is 13.6. The number of hydrogen-bond donors (Lipinski definition) is 1. The number of rotatable bonds is 3. The number of fused-ring (bicyclic) bond motifs is 2. The maximum Gasteiger partial charge on any atom is 0.255 e. The number of nitrogens with zero attached hydrogens (tertiary/aromatic N) is 3. The molecule has 4 aromatic rings. The summed E-state index contributed by atoms with van der Waals surface area (Å²) in [5, 5.41) is 21.1. The molecular formula is C34H27BrF2N4O2. The van der Waals surface area contributed by atoms with E-state index in [0.717, 1.165) is 33.1 Å². The van der Waals surface area contributed by atoms with Crippen LogP contribution in [-0.4, -0.2) is 16.7 Å². The second-order valence-electron chi connectivity index (χ2n) is 9.93. The number of nitriles is 2. The standard InChI is InChI=1S/C17H13FN2O.C9H8FNO.C8H6BrN/c1-11-15(18)7-6-14-10-20(17(21)16(11)14)9-13-5-3-2-4-12(13)8-19;1-5-7(10)3-2-6-4-11-9(12)8(5)6;9-5-7-3-1-2-4-8(7)6-10/h2-7H,9-10H2,1H3;2-3H,4H2,1H3,(H,11,12);1-4H,5H2. The van der Waals surface area contributed by atoms with Crippen LogP contribution in [0.2, 0.25) is 0 Å². The molecule has 43 heavy (non-hydrogen) atoms. The summed E-state index contributed by atoms with van der Waals surface area (Å²) in [6, 6.07) is 25.1. The van der Waals surface area contributed by atoms with Gasteiger partial charge in [0.05, 0.1) is 34.4 Å². The van der Waals surface area contributed by atoms with E-state index in [1.807, 2.05) is 36.4 Å². The van der Waals surface area contributed by atoms with E-state index in [1.165, 1.54) is 12.1 Å². The summed E-state index contributed by atoms with van der Waals surface area (Å²) >= 11 is 3.30. The summed E-state index contributed by atoms with van der Waals surface area (Å²) in [5.74, 6) is -1.01. The number of carbonyl (C=O) groups is 2. The van der Waals surface area contributed by atoms with Crippen molar-refractivity contribution in [1.82, 2.24) is 10.2 Å². The van der Waals surface area contributed by atoms with Gasteiger partial charge in [0.1, 0.15) is 11.6 Å². The van der Waals surface area contributed by atoms with Gasteiger partial charge >= 0.3 is 0 Å². The molecule has 1 N–H and O–H groups in total. The van der Waals surface area contributed by atoms with Gasteiger partial charge < -0.3 is 10.2 Å². The lowest BCUT2D eigenvalue weighted by Crippen LogP contribution is -2.24. The fourth-order valence-corrected chi connectivity index (χ4v) is 5.41. The van der Waals surface area contributed by atoms with Crippen LogP contribution in [0.15, 0.2) is 72.8 Å². The van der Waals surface area contributed by atoms with Gasteiger partial charge in [0.2, 0.25) is 0 Å². The summed E-state index contributed by atoms with van der Waals surface area (Å²) in [7, 11) is 0. The van der Waals surface area contributed by atoms with E-state index in [2.05, 4.69) is 33.4 Å². The average molecular weight is 642 g/mol. The van der Waals surface area contributed by atoms with Gasteiger partial charge in [-0.1, -0.05) is 64.5 Å². The quantitative estimate of drug-likeness (QED) is 0.244. The third kappa shape index (κ3) is 6.80. The number of carbonyl (C=O) groups excluding carboxylic acids is 2. The Bertz CT molecular complexity index is 1790. The molecule has 4 aromatic carbocycles. The molecule has 0 spiro atoms. The molecule has 2 heterocycles. The fraction of sp³-hybridized carbons (Fsp3) is 0.176. The van der Waals surface area contributed by atoms with E-state index in [1.54, 1.807) is 43.0 Å². The maximum atomic E-state index is 13.6. The van der Waals surface area contributed by atoms with Gasteiger partial charge in [-0.25, -0.2) is 8.78 Å². The molecule has 6 rings (SSSR count). The van der Waals surface area contributed by atoms with E-state index in [-0.39, 0.29) is 23.4 Å². The van der Waals surface area contributed by atoms with Gasteiger partial charge in [0.15, 0.2) is 0 Å². The number of benzene rings is 4. The molecule has 2 amide bonds. The largest absolute Gasteiger partial charge is 0.348 e. The van der Waals surface area contributed by atoms with Crippen LogP contribution < -0.4 is 5.32 Å². The van der Waals surface area contributed by atoms with Gasteiger partial charge in [0.25, 0.3) is 11.8 Å². The lowest BCUT2D eigenvalue weighted by Gasteiger charge is -2.16. The summed E-state index contributed by atoms with van der Waals surface area (Å²) in [4.78, 5) is 25.3. The fourth-order valence-electron chi connectivity index (χ4n) is 4.92. The highest BCUT2D eigenvalue weighted by atomic mass is 79.9. The first-order valence-corrected chi connectivity index (χ1v) is 14.5. The second-order valence-corrected chi connectivity index (χ2v) is 10.5. The molecule has 9 heteroatoms. The third-order valence-corrected chi connectivity index (χ3v) is 7.88. The zero-order valence-electron chi connectivity index (χ0n) is 23.5. The number of amides is 2.